The Labute approximate surface area is 139 Å². The second-order valence-electron chi connectivity index (χ2n) is 5.21. The Balaban J connectivity index is 1.80. The average molecular weight is 317 g/mol. The first kappa shape index (κ1) is 15.5. The predicted octanol–water partition coefficient (Wildman–Crippen LogP) is 3.46. The normalized spacial score (nSPS) is 12.2. The summed E-state index contributed by atoms with van der Waals surface area (Å²) in [7, 11) is 1.60. The standard InChI is InChI=1S/C19H15N3O2/c1-24-14-9-6-13(7-10-14)8-11-18(23)15(12-20)19-21-16-4-2-3-5-17(16)22-19/h2-11,15H,1H3,(H,21,22). The SMILES string of the molecule is COc1ccc(C=CC(=O)C(C#N)c2nc3ccccc3[nH]2)cc1. The Hall–Kier alpha value is -3.39. The molecule has 1 N–H and O–H groups in total. The number of benzene rings is 2. The molecule has 3 rings (SSSR count). The number of ether oxygens (including phenoxy) is 1. The molecule has 0 spiro atoms. The van der Waals surface area contributed by atoms with Gasteiger partial charge in [0.1, 0.15) is 11.6 Å². The number of ketones is 1. The molecule has 0 radical (unpaired) electrons. The molecule has 0 saturated heterocycles. The number of fused-ring (bicyclic) bond motifs is 1. The van der Waals surface area contributed by atoms with E-state index in [-0.39, 0.29) is 5.78 Å². The molecule has 5 nitrogen and oxygen atoms in total. The molecule has 2 aromatic carbocycles. The van der Waals surface area contributed by atoms with E-state index in [0.29, 0.717) is 5.82 Å². The van der Waals surface area contributed by atoms with Gasteiger partial charge in [-0.05, 0) is 35.9 Å². The predicted molar refractivity (Wildman–Crippen MR) is 91.5 cm³/mol. The highest BCUT2D eigenvalue weighted by Crippen LogP contribution is 2.19. The molecule has 118 valence electrons. The minimum absolute atomic E-state index is 0.313. The van der Waals surface area contributed by atoms with Crippen LogP contribution in [0.1, 0.15) is 17.3 Å². The zero-order valence-electron chi connectivity index (χ0n) is 13.1. The lowest BCUT2D eigenvalue weighted by Gasteiger charge is -2.01. The fourth-order valence-electron chi connectivity index (χ4n) is 2.36. The Morgan fingerprint density at radius 2 is 2.00 bits per heavy atom. The fourth-order valence-corrected chi connectivity index (χ4v) is 2.36. The number of methoxy groups -OCH3 is 1. The molecule has 0 aliphatic rings. The summed E-state index contributed by atoms with van der Waals surface area (Å²) >= 11 is 0. The molecule has 1 unspecified atom stereocenters. The lowest BCUT2D eigenvalue weighted by atomic mass is 10.0. The fraction of sp³-hybridized carbons (Fsp3) is 0.105. The number of carbonyl (C=O) groups excluding carboxylic acids is 1. The largest absolute Gasteiger partial charge is 0.497 e. The van der Waals surface area contributed by atoms with Gasteiger partial charge in [0.25, 0.3) is 0 Å². The van der Waals surface area contributed by atoms with Crippen LogP contribution in [-0.2, 0) is 4.79 Å². The smallest absolute Gasteiger partial charge is 0.180 e. The number of nitriles is 1. The van der Waals surface area contributed by atoms with Crippen molar-refractivity contribution in [3.8, 4) is 11.8 Å². The molecular weight excluding hydrogens is 302 g/mol. The summed E-state index contributed by atoms with van der Waals surface area (Å²) in [5.41, 5.74) is 2.39. The molecule has 1 aromatic heterocycles. The molecule has 0 saturated carbocycles. The van der Waals surface area contributed by atoms with E-state index in [9.17, 15) is 10.1 Å². The number of nitrogens with one attached hydrogen (secondary N) is 1. The third-order valence-corrected chi connectivity index (χ3v) is 3.65. The number of H-pyrrole nitrogens is 1. The lowest BCUT2D eigenvalue weighted by Crippen LogP contribution is -2.09. The van der Waals surface area contributed by atoms with Gasteiger partial charge in [-0.15, -0.1) is 0 Å². The monoisotopic (exact) mass is 317 g/mol. The molecule has 5 heteroatoms. The van der Waals surface area contributed by atoms with Crippen LogP contribution >= 0.6 is 0 Å². The Morgan fingerprint density at radius 1 is 1.25 bits per heavy atom. The molecule has 1 atom stereocenters. The number of allylic oxidation sites excluding steroid dienone is 1. The molecule has 0 bridgehead atoms. The number of hydrogen-bond acceptors (Lipinski definition) is 4. The van der Waals surface area contributed by atoms with Crippen LogP contribution in [0.25, 0.3) is 17.1 Å². The maximum atomic E-state index is 12.4. The third-order valence-electron chi connectivity index (χ3n) is 3.65. The van der Waals surface area contributed by atoms with Gasteiger partial charge in [0.05, 0.1) is 24.2 Å². The van der Waals surface area contributed by atoms with Crippen molar-refractivity contribution in [1.29, 1.82) is 5.26 Å². The first-order valence-corrected chi connectivity index (χ1v) is 7.41. The number of aromatic amines is 1. The van der Waals surface area contributed by atoms with Crippen LogP contribution < -0.4 is 4.74 Å². The summed E-state index contributed by atoms with van der Waals surface area (Å²) in [6, 6.07) is 16.7. The quantitative estimate of drug-likeness (QED) is 0.731. The van der Waals surface area contributed by atoms with E-state index >= 15 is 0 Å². The summed E-state index contributed by atoms with van der Waals surface area (Å²) in [6.07, 6.45) is 3.08. The van der Waals surface area contributed by atoms with Crippen LogP contribution in [0, 0.1) is 11.3 Å². The second-order valence-corrected chi connectivity index (χ2v) is 5.21. The summed E-state index contributed by atoms with van der Waals surface area (Å²) in [5.74, 6) is -0.155. The molecular formula is C19H15N3O2. The van der Waals surface area contributed by atoms with Crippen molar-refractivity contribution in [3.05, 3.63) is 66.0 Å². The van der Waals surface area contributed by atoms with Crippen LogP contribution in [0.4, 0.5) is 0 Å². The first-order chi connectivity index (χ1) is 11.7. The van der Waals surface area contributed by atoms with Crippen molar-refractivity contribution >= 4 is 22.9 Å². The lowest BCUT2D eigenvalue weighted by molar-refractivity contribution is -0.114. The average Bonchev–Trinajstić information content (AvgIpc) is 3.04. The van der Waals surface area contributed by atoms with Gasteiger partial charge < -0.3 is 9.72 Å². The Bertz CT molecular complexity index is 900. The summed E-state index contributed by atoms with van der Waals surface area (Å²) < 4.78 is 5.09. The minimum Gasteiger partial charge on any atom is -0.497 e. The van der Waals surface area contributed by atoms with Crippen LogP contribution in [-0.4, -0.2) is 22.9 Å². The summed E-state index contributed by atoms with van der Waals surface area (Å²) in [5, 5.41) is 9.36. The highest BCUT2D eigenvalue weighted by atomic mass is 16.5. The zero-order chi connectivity index (χ0) is 16.9. The number of hydrogen-bond donors (Lipinski definition) is 1. The van der Waals surface area contributed by atoms with E-state index in [1.54, 1.807) is 13.2 Å². The molecule has 3 aromatic rings. The second kappa shape index (κ2) is 6.80. The van der Waals surface area contributed by atoms with Gasteiger partial charge in [0.2, 0.25) is 0 Å². The van der Waals surface area contributed by atoms with E-state index in [2.05, 4.69) is 9.97 Å². The summed E-state index contributed by atoms with van der Waals surface area (Å²) in [6.45, 7) is 0. The number of imidazole rings is 1. The number of carbonyl (C=O) groups is 1. The number of nitrogens with zero attached hydrogens (tertiary/aromatic N) is 2. The molecule has 0 amide bonds. The number of aromatic nitrogens is 2. The van der Waals surface area contributed by atoms with E-state index in [1.165, 1.54) is 6.08 Å². The van der Waals surface area contributed by atoms with Crippen molar-refractivity contribution in [2.24, 2.45) is 0 Å². The minimum atomic E-state index is -0.952. The Morgan fingerprint density at radius 3 is 2.67 bits per heavy atom. The first-order valence-electron chi connectivity index (χ1n) is 7.41. The van der Waals surface area contributed by atoms with E-state index in [0.717, 1.165) is 22.3 Å². The van der Waals surface area contributed by atoms with Crippen LogP contribution in [0.2, 0.25) is 0 Å². The van der Waals surface area contributed by atoms with Gasteiger partial charge in [-0.1, -0.05) is 30.3 Å². The van der Waals surface area contributed by atoms with Gasteiger partial charge in [-0.3, -0.25) is 4.79 Å². The molecule has 24 heavy (non-hydrogen) atoms. The van der Waals surface area contributed by atoms with Crippen molar-refractivity contribution in [3.63, 3.8) is 0 Å². The molecule has 0 fully saturated rings. The van der Waals surface area contributed by atoms with Crippen molar-refractivity contribution in [2.45, 2.75) is 5.92 Å². The van der Waals surface area contributed by atoms with E-state index < -0.39 is 5.92 Å². The van der Waals surface area contributed by atoms with Crippen molar-refractivity contribution < 1.29 is 9.53 Å². The molecule has 0 aliphatic heterocycles. The van der Waals surface area contributed by atoms with E-state index in [4.69, 9.17) is 4.74 Å². The maximum Gasteiger partial charge on any atom is 0.180 e. The number of rotatable bonds is 5. The Kier molecular flexibility index (Phi) is 4.39. The van der Waals surface area contributed by atoms with Crippen LogP contribution in [0.15, 0.2) is 54.6 Å². The highest BCUT2D eigenvalue weighted by molar-refractivity contribution is 6.00. The van der Waals surface area contributed by atoms with E-state index in [1.807, 2.05) is 54.6 Å². The molecule has 0 aliphatic carbocycles. The zero-order valence-corrected chi connectivity index (χ0v) is 13.1. The number of para-hydroxylation sites is 2. The van der Waals surface area contributed by atoms with Crippen LogP contribution in [0.3, 0.4) is 0 Å². The third kappa shape index (κ3) is 3.18. The van der Waals surface area contributed by atoms with Gasteiger partial charge >= 0.3 is 0 Å². The molecule has 1 heterocycles. The van der Waals surface area contributed by atoms with Crippen molar-refractivity contribution in [2.75, 3.05) is 7.11 Å². The summed E-state index contributed by atoms with van der Waals surface area (Å²) in [4.78, 5) is 19.7. The topological polar surface area (TPSA) is 78.8 Å². The van der Waals surface area contributed by atoms with Crippen LogP contribution in [0.5, 0.6) is 5.75 Å². The maximum absolute atomic E-state index is 12.4. The van der Waals surface area contributed by atoms with Gasteiger partial charge in [0, 0.05) is 0 Å². The highest BCUT2D eigenvalue weighted by Gasteiger charge is 2.21. The van der Waals surface area contributed by atoms with Gasteiger partial charge in [0.15, 0.2) is 11.7 Å². The van der Waals surface area contributed by atoms with Gasteiger partial charge in [-0.25, -0.2) is 4.98 Å². The van der Waals surface area contributed by atoms with Crippen molar-refractivity contribution in [1.82, 2.24) is 9.97 Å². The van der Waals surface area contributed by atoms with Gasteiger partial charge in [-0.2, -0.15) is 5.26 Å².